The Hall–Kier alpha value is -1.04. The second kappa shape index (κ2) is 4.27. The quantitative estimate of drug-likeness (QED) is 0.649. The Labute approximate surface area is 80.3 Å². The zero-order valence-electron chi connectivity index (χ0n) is 7.95. The summed E-state index contributed by atoms with van der Waals surface area (Å²) in [5, 5.41) is 0. The van der Waals surface area contributed by atoms with Crippen LogP contribution in [0, 0.1) is 5.92 Å². The molecule has 0 aliphatic heterocycles. The maximum Gasteiger partial charge on any atom is -0.0260 e. The minimum absolute atomic E-state index is 0.986. The van der Waals surface area contributed by atoms with E-state index in [0.717, 1.165) is 5.92 Å². The first-order valence-electron chi connectivity index (χ1n) is 5.17. The van der Waals surface area contributed by atoms with E-state index in [1.165, 1.54) is 31.2 Å². The molecular formula is C13H16. The molecule has 0 heterocycles. The lowest BCUT2D eigenvalue weighted by Gasteiger charge is -2.23. The van der Waals surface area contributed by atoms with Crippen LogP contribution in [0.25, 0.3) is 6.08 Å². The molecule has 0 saturated heterocycles. The van der Waals surface area contributed by atoms with Crippen LogP contribution in [0.5, 0.6) is 0 Å². The van der Waals surface area contributed by atoms with Gasteiger partial charge >= 0.3 is 0 Å². The largest absolute Gasteiger partial charge is 0.0837 e. The predicted octanol–water partition coefficient (Wildman–Crippen LogP) is 3.89. The smallest absolute Gasteiger partial charge is 0.0260 e. The Morgan fingerprint density at radius 3 is 2.54 bits per heavy atom. The van der Waals surface area contributed by atoms with E-state index >= 15 is 0 Å². The van der Waals surface area contributed by atoms with Crippen molar-refractivity contribution in [1.29, 1.82) is 0 Å². The maximum absolute atomic E-state index is 2.32. The summed E-state index contributed by atoms with van der Waals surface area (Å²) in [6.07, 6.45) is 10.2. The van der Waals surface area contributed by atoms with Crippen LogP contribution >= 0.6 is 0 Å². The topological polar surface area (TPSA) is 0 Å². The highest BCUT2D eigenvalue weighted by molar-refractivity contribution is 5.48. The van der Waals surface area contributed by atoms with Gasteiger partial charge in [-0.2, -0.15) is 0 Å². The normalized spacial score (nSPS) is 17.5. The summed E-state index contributed by atoms with van der Waals surface area (Å²) in [6.45, 7) is 0. The summed E-state index contributed by atoms with van der Waals surface area (Å²) in [5.74, 6) is 0.986. The second-order valence-electron chi connectivity index (χ2n) is 3.85. The molecule has 1 aliphatic rings. The van der Waals surface area contributed by atoms with E-state index in [-0.39, 0.29) is 0 Å². The molecule has 0 nitrogen and oxygen atoms in total. The van der Waals surface area contributed by atoms with Gasteiger partial charge in [-0.3, -0.25) is 0 Å². The van der Waals surface area contributed by atoms with Gasteiger partial charge in [0.1, 0.15) is 0 Å². The number of rotatable bonds is 3. The average molecular weight is 172 g/mol. The van der Waals surface area contributed by atoms with Crippen LogP contribution in [0.1, 0.15) is 31.2 Å². The third-order valence-electron chi connectivity index (χ3n) is 2.80. The van der Waals surface area contributed by atoms with Crippen LogP contribution < -0.4 is 0 Å². The van der Waals surface area contributed by atoms with E-state index < -0.39 is 0 Å². The van der Waals surface area contributed by atoms with Crippen LogP contribution in [-0.4, -0.2) is 0 Å². The summed E-state index contributed by atoms with van der Waals surface area (Å²) >= 11 is 0. The molecule has 2 rings (SSSR count). The number of benzene rings is 1. The Bertz CT molecular complexity index is 267. The van der Waals surface area contributed by atoms with Crippen molar-refractivity contribution in [2.45, 2.75) is 25.7 Å². The van der Waals surface area contributed by atoms with Gasteiger partial charge in [0.15, 0.2) is 0 Å². The Morgan fingerprint density at radius 1 is 1.15 bits per heavy atom. The van der Waals surface area contributed by atoms with Crippen molar-refractivity contribution < 1.29 is 0 Å². The summed E-state index contributed by atoms with van der Waals surface area (Å²) < 4.78 is 0. The fourth-order valence-electron chi connectivity index (χ4n) is 1.69. The van der Waals surface area contributed by atoms with Gasteiger partial charge in [-0.1, -0.05) is 61.7 Å². The van der Waals surface area contributed by atoms with Crippen molar-refractivity contribution in [3.8, 4) is 0 Å². The van der Waals surface area contributed by atoms with Crippen molar-refractivity contribution in [1.82, 2.24) is 0 Å². The summed E-state index contributed by atoms with van der Waals surface area (Å²) in [7, 11) is 0. The van der Waals surface area contributed by atoms with E-state index in [9.17, 15) is 0 Å². The van der Waals surface area contributed by atoms with Gasteiger partial charge in [-0.05, 0) is 17.9 Å². The van der Waals surface area contributed by atoms with Crippen LogP contribution in [0.4, 0.5) is 0 Å². The molecule has 1 aromatic carbocycles. The van der Waals surface area contributed by atoms with E-state index in [2.05, 4.69) is 42.5 Å². The van der Waals surface area contributed by atoms with Crippen LogP contribution in [0.3, 0.4) is 0 Å². The van der Waals surface area contributed by atoms with Gasteiger partial charge in [0, 0.05) is 0 Å². The highest BCUT2D eigenvalue weighted by atomic mass is 14.2. The summed E-state index contributed by atoms with van der Waals surface area (Å²) in [4.78, 5) is 0. The van der Waals surface area contributed by atoms with Crippen LogP contribution in [0.2, 0.25) is 0 Å². The molecule has 68 valence electrons. The molecule has 1 aliphatic carbocycles. The van der Waals surface area contributed by atoms with Crippen molar-refractivity contribution in [3.05, 3.63) is 42.0 Å². The molecule has 13 heavy (non-hydrogen) atoms. The summed E-state index contributed by atoms with van der Waals surface area (Å²) in [5.41, 5.74) is 1.32. The molecule has 0 spiro atoms. The van der Waals surface area contributed by atoms with E-state index in [0.29, 0.717) is 0 Å². The molecule has 0 N–H and O–H groups in total. The zero-order valence-corrected chi connectivity index (χ0v) is 7.95. The number of allylic oxidation sites excluding steroid dienone is 1. The van der Waals surface area contributed by atoms with Crippen molar-refractivity contribution in [3.63, 3.8) is 0 Å². The SMILES string of the molecule is C(=C/c1ccccc1)/CC1CCC1. The summed E-state index contributed by atoms with van der Waals surface area (Å²) in [6, 6.07) is 10.5. The van der Waals surface area contributed by atoms with E-state index in [4.69, 9.17) is 0 Å². The van der Waals surface area contributed by atoms with E-state index in [1.807, 2.05) is 0 Å². The molecule has 0 aromatic heterocycles. The minimum atomic E-state index is 0.986. The van der Waals surface area contributed by atoms with Gasteiger partial charge in [0.2, 0.25) is 0 Å². The molecule has 1 aromatic rings. The first-order chi connectivity index (χ1) is 6.45. The molecule has 0 heteroatoms. The molecule has 0 unspecified atom stereocenters. The van der Waals surface area contributed by atoms with Gasteiger partial charge in [0.25, 0.3) is 0 Å². The predicted molar refractivity (Wildman–Crippen MR) is 57.4 cm³/mol. The fourth-order valence-corrected chi connectivity index (χ4v) is 1.69. The van der Waals surface area contributed by atoms with Gasteiger partial charge < -0.3 is 0 Å². The molecule has 0 amide bonds. The monoisotopic (exact) mass is 172 g/mol. The first kappa shape index (κ1) is 8.55. The van der Waals surface area contributed by atoms with Crippen LogP contribution in [0.15, 0.2) is 36.4 Å². The van der Waals surface area contributed by atoms with Crippen molar-refractivity contribution in [2.75, 3.05) is 0 Å². The van der Waals surface area contributed by atoms with Gasteiger partial charge in [-0.15, -0.1) is 0 Å². The van der Waals surface area contributed by atoms with Crippen molar-refractivity contribution >= 4 is 6.08 Å². The highest BCUT2D eigenvalue weighted by Crippen LogP contribution is 2.29. The Kier molecular flexibility index (Phi) is 2.81. The third kappa shape index (κ3) is 2.45. The highest BCUT2D eigenvalue weighted by Gasteiger charge is 2.14. The lowest BCUT2D eigenvalue weighted by atomic mass is 9.83. The minimum Gasteiger partial charge on any atom is -0.0837 e. The average Bonchev–Trinajstić information content (AvgIpc) is 2.11. The van der Waals surface area contributed by atoms with Gasteiger partial charge in [0.05, 0.1) is 0 Å². The molecular weight excluding hydrogens is 156 g/mol. The molecule has 0 radical (unpaired) electrons. The molecule has 0 bridgehead atoms. The standard InChI is InChI=1S/C13H16/c1-2-6-12(7-3-1)8-4-9-13-10-5-11-13/h1-4,6-8,13H,5,9-11H2/b8-4-. The Morgan fingerprint density at radius 2 is 1.92 bits per heavy atom. The van der Waals surface area contributed by atoms with Crippen LogP contribution in [-0.2, 0) is 0 Å². The van der Waals surface area contributed by atoms with Crippen molar-refractivity contribution in [2.24, 2.45) is 5.92 Å². The van der Waals surface area contributed by atoms with Gasteiger partial charge in [-0.25, -0.2) is 0 Å². The zero-order chi connectivity index (χ0) is 8.93. The molecule has 0 atom stereocenters. The third-order valence-corrected chi connectivity index (χ3v) is 2.80. The van der Waals surface area contributed by atoms with E-state index in [1.54, 1.807) is 0 Å². The fraction of sp³-hybridized carbons (Fsp3) is 0.385. The maximum atomic E-state index is 2.32. The first-order valence-corrected chi connectivity index (χ1v) is 5.17. The lowest BCUT2D eigenvalue weighted by molar-refractivity contribution is 0.320. The molecule has 1 saturated carbocycles. The number of hydrogen-bond acceptors (Lipinski definition) is 0. The number of hydrogen-bond donors (Lipinski definition) is 0. The lowest BCUT2D eigenvalue weighted by Crippen LogP contribution is -2.08. The second-order valence-corrected chi connectivity index (χ2v) is 3.85. The Balaban J connectivity index is 1.83. The molecule has 1 fully saturated rings.